The number of aromatic carboxylic acids is 1. The third kappa shape index (κ3) is 4.42. The fourth-order valence-corrected chi connectivity index (χ4v) is 4.06. The van der Waals surface area contributed by atoms with Crippen LogP contribution in [0.3, 0.4) is 0 Å². The molecule has 0 aromatic heterocycles. The van der Waals surface area contributed by atoms with Gasteiger partial charge in [0.05, 0.1) is 5.56 Å². The maximum absolute atomic E-state index is 13.1. The molecule has 1 aliphatic heterocycles. The first-order valence-corrected chi connectivity index (χ1v) is 9.69. The maximum atomic E-state index is 13.1. The molecule has 1 atom stereocenters. The average Bonchev–Trinajstić information content (AvgIpc) is 3.09. The average molecular weight is 422 g/mol. The van der Waals surface area contributed by atoms with Gasteiger partial charge in [-0.1, -0.05) is 41.4 Å². The number of nitrogens with zero attached hydrogens (tertiary/aromatic N) is 1. The van der Waals surface area contributed by atoms with E-state index in [0.29, 0.717) is 35.3 Å². The van der Waals surface area contributed by atoms with Crippen molar-refractivity contribution in [2.75, 3.05) is 13.1 Å². The van der Waals surface area contributed by atoms with E-state index in [9.17, 15) is 14.7 Å². The molecule has 1 fully saturated rings. The van der Waals surface area contributed by atoms with Crippen molar-refractivity contribution in [1.82, 2.24) is 4.90 Å². The van der Waals surface area contributed by atoms with Gasteiger partial charge in [0.1, 0.15) is 5.75 Å². The smallest absolute Gasteiger partial charge is 0.335 e. The number of carbonyl (C=O) groups excluding carboxylic acids is 1. The summed E-state index contributed by atoms with van der Waals surface area (Å²) >= 11 is 12.0. The molecule has 1 unspecified atom stereocenters. The van der Waals surface area contributed by atoms with Gasteiger partial charge in [-0.25, -0.2) is 4.79 Å². The van der Waals surface area contributed by atoms with Crippen molar-refractivity contribution >= 4 is 35.1 Å². The van der Waals surface area contributed by atoms with E-state index >= 15 is 0 Å². The molecule has 1 amide bonds. The van der Waals surface area contributed by atoms with Gasteiger partial charge in [-0.3, -0.25) is 4.79 Å². The summed E-state index contributed by atoms with van der Waals surface area (Å²) in [6, 6.07) is 11.8. The van der Waals surface area contributed by atoms with Crippen LogP contribution in [-0.2, 0) is 4.79 Å². The van der Waals surface area contributed by atoms with Crippen molar-refractivity contribution in [1.29, 1.82) is 0 Å². The molecule has 1 saturated heterocycles. The Hall–Kier alpha value is -2.24. The number of carboxylic acid groups (broad SMARTS) is 1. The highest BCUT2D eigenvalue weighted by molar-refractivity contribution is 6.34. The first-order chi connectivity index (χ1) is 13.2. The molecule has 0 spiro atoms. The van der Waals surface area contributed by atoms with Crippen LogP contribution in [0.1, 0.15) is 42.1 Å². The lowest BCUT2D eigenvalue weighted by molar-refractivity contribution is -0.144. The molecule has 2 aromatic carbocycles. The van der Waals surface area contributed by atoms with Crippen LogP contribution < -0.4 is 4.74 Å². The Bertz CT molecular complexity index is 893. The second kappa shape index (κ2) is 8.02. The monoisotopic (exact) mass is 421 g/mol. The third-order valence-electron chi connectivity index (χ3n) is 4.83. The van der Waals surface area contributed by atoms with Crippen molar-refractivity contribution in [3.8, 4) is 5.75 Å². The molecule has 1 heterocycles. The molecule has 0 bridgehead atoms. The minimum Gasteiger partial charge on any atom is -0.478 e. The Morgan fingerprint density at radius 2 is 1.79 bits per heavy atom. The van der Waals surface area contributed by atoms with Crippen LogP contribution in [-0.4, -0.2) is 40.6 Å². The minimum absolute atomic E-state index is 0.0207. The summed E-state index contributed by atoms with van der Waals surface area (Å²) in [6.45, 7) is 4.39. The molecule has 0 radical (unpaired) electrons. The number of hydrogen-bond donors (Lipinski definition) is 1. The van der Waals surface area contributed by atoms with Gasteiger partial charge in [0.25, 0.3) is 5.91 Å². The highest BCUT2D eigenvalue weighted by atomic mass is 35.5. The molecule has 28 heavy (non-hydrogen) atoms. The minimum atomic E-state index is -1.12. The zero-order chi connectivity index (χ0) is 20.5. The second-order valence-electron chi connectivity index (χ2n) is 7.35. The third-order valence-corrected chi connectivity index (χ3v) is 5.27. The standard InChI is InChI=1S/C21H21Cl2NO4/c1-21(2,28-16-10-14(22)9-15(23)11-16)20(27)24-8-7-13(12-24)17-5-3-4-6-18(17)19(25)26/h3-6,9-11,13H,7-8,12H2,1-2H3,(H,25,26). The van der Waals surface area contributed by atoms with E-state index < -0.39 is 11.6 Å². The van der Waals surface area contributed by atoms with Crippen LogP contribution in [0.25, 0.3) is 0 Å². The van der Waals surface area contributed by atoms with Gasteiger partial charge in [-0.05, 0) is 50.1 Å². The van der Waals surface area contributed by atoms with Crippen LogP contribution in [0.2, 0.25) is 10.0 Å². The van der Waals surface area contributed by atoms with Crippen molar-refractivity contribution in [2.45, 2.75) is 31.8 Å². The first kappa shape index (κ1) is 20.5. The van der Waals surface area contributed by atoms with Gasteiger partial charge in [0, 0.05) is 29.1 Å². The predicted octanol–water partition coefficient (Wildman–Crippen LogP) is 4.87. The summed E-state index contributed by atoms with van der Waals surface area (Å²) in [4.78, 5) is 26.3. The van der Waals surface area contributed by atoms with Crippen LogP contribution in [0.4, 0.5) is 0 Å². The highest BCUT2D eigenvalue weighted by Crippen LogP contribution is 2.33. The topological polar surface area (TPSA) is 66.8 Å². The summed E-state index contributed by atoms with van der Waals surface area (Å²) in [5, 5.41) is 10.3. The lowest BCUT2D eigenvalue weighted by Crippen LogP contribution is -2.48. The number of carboxylic acids is 1. The molecule has 1 aliphatic rings. The van der Waals surface area contributed by atoms with E-state index in [1.807, 2.05) is 12.1 Å². The Balaban J connectivity index is 1.74. The normalized spacial score (nSPS) is 16.9. The molecule has 2 aromatic rings. The first-order valence-electron chi connectivity index (χ1n) is 8.94. The van der Waals surface area contributed by atoms with Gasteiger partial charge >= 0.3 is 5.97 Å². The van der Waals surface area contributed by atoms with Crippen molar-refractivity contribution in [3.63, 3.8) is 0 Å². The zero-order valence-corrected chi connectivity index (χ0v) is 17.1. The van der Waals surface area contributed by atoms with Crippen LogP contribution in [0, 0.1) is 0 Å². The van der Waals surface area contributed by atoms with Gasteiger partial charge in [0.15, 0.2) is 5.60 Å². The van der Waals surface area contributed by atoms with Crippen molar-refractivity contribution in [3.05, 3.63) is 63.6 Å². The lowest BCUT2D eigenvalue weighted by Gasteiger charge is -2.30. The molecule has 0 saturated carbocycles. The number of carbonyl (C=O) groups is 2. The summed E-state index contributed by atoms with van der Waals surface area (Å²) in [5.41, 5.74) is -0.0774. The fourth-order valence-electron chi connectivity index (χ4n) is 3.55. The van der Waals surface area contributed by atoms with Gasteiger partial charge in [-0.2, -0.15) is 0 Å². The van der Waals surface area contributed by atoms with Crippen LogP contribution >= 0.6 is 23.2 Å². The maximum Gasteiger partial charge on any atom is 0.335 e. The number of likely N-dealkylation sites (tertiary alicyclic amines) is 1. The number of benzene rings is 2. The summed E-state index contributed by atoms with van der Waals surface area (Å²) < 4.78 is 5.89. The molecule has 148 valence electrons. The van der Waals surface area contributed by atoms with E-state index in [0.717, 1.165) is 5.56 Å². The Morgan fingerprint density at radius 1 is 1.14 bits per heavy atom. The van der Waals surface area contributed by atoms with E-state index in [4.69, 9.17) is 27.9 Å². The van der Waals surface area contributed by atoms with E-state index in [1.165, 1.54) is 0 Å². The summed E-state index contributed by atoms with van der Waals surface area (Å²) in [5.74, 6) is -0.726. The second-order valence-corrected chi connectivity index (χ2v) is 8.22. The van der Waals surface area contributed by atoms with Gasteiger partial charge < -0.3 is 14.7 Å². The van der Waals surface area contributed by atoms with Gasteiger partial charge in [-0.15, -0.1) is 0 Å². The molecule has 1 N–H and O–H groups in total. The van der Waals surface area contributed by atoms with E-state index in [-0.39, 0.29) is 17.4 Å². The quantitative estimate of drug-likeness (QED) is 0.747. The number of rotatable bonds is 5. The van der Waals surface area contributed by atoms with Crippen LogP contribution in [0.15, 0.2) is 42.5 Å². The SMILES string of the molecule is CC(C)(Oc1cc(Cl)cc(Cl)c1)C(=O)N1CCC(c2ccccc2C(=O)O)C1. The van der Waals surface area contributed by atoms with E-state index in [2.05, 4.69) is 0 Å². The largest absolute Gasteiger partial charge is 0.478 e. The predicted molar refractivity (Wildman–Crippen MR) is 109 cm³/mol. The van der Waals surface area contributed by atoms with Crippen molar-refractivity contribution < 1.29 is 19.4 Å². The lowest BCUT2D eigenvalue weighted by atomic mass is 9.93. The van der Waals surface area contributed by atoms with E-state index in [1.54, 1.807) is 49.1 Å². The Labute approximate surface area is 173 Å². The van der Waals surface area contributed by atoms with Crippen molar-refractivity contribution in [2.24, 2.45) is 0 Å². The summed E-state index contributed by atoms with van der Waals surface area (Å²) in [6.07, 6.45) is 0.703. The zero-order valence-electron chi connectivity index (χ0n) is 15.6. The highest BCUT2D eigenvalue weighted by Gasteiger charge is 2.38. The number of ether oxygens (including phenoxy) is 1. The molecule has 0 aliphatic carbocycles. The molecule has 5 nitrogen and oxygen atoms in total. The number of halogens is 2. The number of hydrogen-bond acceptors (Lipinski definition) is 3. The molecular weight excluding hydrogens is 401 g/mol. The molecular formula is C21H21Cl2NO4. The van der Waals surface area contributed by atoms with Crippen LogP contribution in [0.5, 0.6) is 5.75 Å². The fraction of sp³-hybridized carbons (Fsp3) is 0.333. The molecule has 7 heteroatoms. The molecule has 3 rings (SSSR count). The number of amides is 1. The van der Waals surface area contributed by atoms with Gasteiger partial charge in [0.2, 0.25) is 0 Å². The summed E-state index contributed by atoms with van der Waals surface area (Å²) in [7, 11) is 0. The Kier molecular flexibility index (Phi) is 5.87. The Morgan fingerprint density at radius 3 is 2.43 bits per heavy atom.